The zero-order valence-corrected chi connectivity index (χ0v) is 22.4. The van der Waals surface area contributed by atoms with Gasteiger partial charge in [-0.15, -0.1) is 0 Å². The van der Waals surface area contributed by atoms with E-state index >= 15 is 4.39 Å². The second kappa shape index (κ2) is 11.1. The van der Waals surface area contributed by atoms with Crippen LogP contribution in [0, 0.1) is 5.82 Å². The first-order chi connectivity index (χ1) is 18.6. The standard InChI is InChI=1S/C30H32ClFO7/c1-30(2)20-6-4-3-5-19(20)25(39-30)15-37-23-10-7-16(12-22(23)32)11-18-13-17(8-9-21(18)31)29-28(36)27(35)26(34)24(14-33)38-29/h3-10,12-13,24-29,33-36H,11,14-15H2,1-2H3/t24-,25?,26-,27+,28-,29+/m1/s1. The summed E-state index contributed by atoms with van der Waals surface area (Å²) in [5.74, 6) is -0.398. The second-order valence-corrected chi connectivity index (χ2v) is 11.0. The molecular weight excluding hydrogens is 527 g/mol. The number of aliphatic hydroxyl groups excluding tert-OH is 4. The molecule has 1 fully saturated rings. The van der Waals surface area contributed by atoms with Crippen LogP contribution in [0.25, 0.3) is 0 Å². The zero-order chi connectivity index (χ0) is 27.9. The smallest absolute Gasteiger partial charge is 0.165 e. The SMILES string of the molecule is CC1(C)OC(COc2ccc(Cc3cc([C@@H]4O[C@H](CO)[C@@H](O)[C@H](O)[C@H]4O)ccc3Cl)cc2F)c2ccccc21. The predicted octanol–water partition coefficient (Wildman–Crippen LogP) is 3.97. The number of aliphatic hydroxyl groups is 4. The van der Waals surface area contributed by atoms with Crippen molar-refractivity contribution < 1.29 is 39.0 Å². The van der Waals surface area contributed by atoms with Gasteiger partial charge in [0.2, 0.25) is 0 Å². The molecular formula is C30H32ClFO7. The van der Waals surface area contributed by atoms with Crippen LogP contribution in [0.15, 0.2) is 60.7 Å². The third kappa shape index (κ3) is 5.56. The van der Waals surface area contributed by atoms with E-state index in [1.165, 1.54) is 6.07 Å². The van der Waals surface area contributed by atoms with Crippen LogP contribution >= 0.6 is 11.6 Å². The van der Waals surface area contributed by atoms with E-state index in [2.05, 4.69) is 0 Å². The van der Waals surface area contributed by atoms with E-state index in [0.717, 1.165) is 11.1 Å². The molecule has 1 saturated heterocycles. The largest absolute Gasteiger partial charge is 0.487 e. The van der Waals surface area contributed by atoms with Gasteiger partial charge in [0, 0.05) is 5.02 Å². The van der Waals surface area contributed by atoms with Crippen molar-refractivity contribution in [2.45, 2.75) is 62.5 Å². The Kier molecular flexibility index (Phi) is 7.99. The molecule has 2 heterocycles. The Bertz CT molecular complexity index is 1330. The first-order valence-corrected chi connectivity index (χ1v) is 13.2. The molecule has 4 N–H and O–H groups in total. The fraction of sp³-hybridized carbons (Fsp3) is 0.400. The van der Waals surface area contributed by atoms with Gasteiger partial charge in [-0.25, -0.2) is 4.39 Å². The van der Waals surface area contributed by atoms with Crippen LogP contribution in [0.4, 0.5) is 4.39 Å². The van der Waals surface area contributed by atoms with Gasteiger partial charge in [0.15, 0.2) is 11.6 Å². The number of hydrogen-bond donors (Lipinski definition) is 4. The third-order valence-corrected chi connectivity index (χ3v) is 7.83. The molecule has 2 aliphatic rings. The summed E-state index contributed by atoms with van der Waals surface area (Å²) < 4.78 is 32.7. The maximum absolute atomic E-state index is 15.0. The lowest BCUT2D eigenvalue weighted by atomic mass is 9.90. The van der Waals surface area contributed by atoms with Crippen molar-refractivity contribution in [2.75, 3.05) is 13.2 Å². The minimum absolute atomic E-state index is 0.116. The molecule has 0 aliphatic carbocycles. The van der Waals surface area contributed by atoms with Crippen molar-refractivity contribution >= 4 is 11.6 Å². The highest BCUT2D eigenvalue weighted by Gasteiger charge is 2.44. The summed E-state index contributed by atoms with van der Waals surface area (Å²) in [4.78, 5) is 0. The molecule has 208 valence electrons. The van der Waals surface area contributed by atoms with Crippen LogP contribution in [-0.2, 0) is 21.5 Å². The highest BCUT2D eigenvalue weighted by Crippen LogP contribution is 2.43. The Labute approximate surface area is 231 Å². The normalized spacial score (nSPS) is 27.8. The van der Waals surface area contributed by atoms with E-state index in [-0.39, 0.29) is 24.9 Å². The molecule has 39 heavy (non-hydrogen) atoms. The first kappa shape index (κ1) is 28.0. The van der Waals surface area contributed by atoms with E-state index in [1.54, 1.807) is 30.3 Å². The molecule has 5 rings (SSSR count). The molecule has 0 aromatic heterocycles. The minimum atomic E-state index is -1.49. The molecule has 0 saturated carbocycles. The second-order valence-electron chi connectivity index (χ2n) is 10.6. The van der Waals surface area contributed by atoms with Gasteiger partial charge in [-0.1, -0.05) is 54.1 Å². The number of halogens is 2. The van der Waals surface area contributed by atoms with Crippen LogP contribution < -0.4 is 4.74 Å². The Morgan fingerprint density at radius 1 is 0.974 bits per heavy atom. The van der Waals surface area contributed by atoms with E-state index in [4.69, 9.17) is 25.8 Å². The van der Waals surface area contributed by atoms with Gasteiger partial charge in [0.25, 0.3) is 0 Å². The Hall–Kier alpha value is -2.56. The molecule has 2 aliphatic heterocycles. The number of rotatable bonds is 7. The topological polar surface area (TPSA) is 109 Å². The van der Waals surface area contributed by atoms with Gasteiger partial charge < -0.3 is 34.6 Å². The summed E-state index contributed by atoms with van der Waals surface area (Å²) in [5, 5.41) is 40.6. The molecule has 3 aromatic rings. The maximum Gasteiger partial charge on any atom is 0.165 e. The molecule has 9 heteroatoms. The lowest BCUT2D eigenvalue weighted by Gasteiger charge is -2.40. The lowest BCUT2D eigenvalue weighted by molar-refractivity contribution is -0.231. The van der Waals surface area contributed by atoms with Crippen molar-refractivity contribution in [3.8, 4) is 5.75 Å². The molecule has 0 bridgehead atoms. The number of ether oxygens (including phenoxy) is 3. The number of benzene rings is 3. The van der Waals surface area contributed by atoms with E-state index < -0.39 is 48.5 Å². The van der Waals surface area contributed by atoms with Crippen LogP contribution in [0.3, 0.4) is 0 Å². The zero-order valence-electron chi connectivity index (χ0n) is 21.6. The van der Waals surface area contributed by atoms with E-state index in [0.29, 0.717) is 21.7 Å². The van der Waals surface area contributed by atoms with Crippen molar-refractivity contribution in [3.05, 3.63) is 99.3 Å². The fourth-order valence-electron chi connectivity index (χ4n) is 5.37. The van der Waals surface area contributed by atoms with Crippen LogP contribution in [0.2, 0.25) is 5.02 Å². The third-order valence-electron chi connectivity index (χ3n) is 7.46. The summed E-state index contributed by atoms with van der Waals surface area (Å²) in [5.41, 5.74) is 3.49. The Balaban J connectivity index is 1.29. The van der Waals surface area contributed by atoms with Gasteiger partial charge in [0.05, 0.1) is 12.2 Å². The fourth-order valence-corrected chi connectivity index (χ4v) is 5.56. The van der Waals surface area contributed by atoms with Crippen molar-refractivity contribution in [2.24, 2.45) is 0 Å². The Morgan fingerprint density at radius 3 is 2.49 bits per heavy atom. The first-order valence-electron chi connectivity index (χ1n) is 12.9. The van der Waals surface area contributed by atoms with E-state index in [1.807, 2.05) is 38.1 Å². The van der Waals surface area contributed by atoms with Crippen LogP contribution in [-0.4, -0.2) is 58.1 Å². The van der Waals surface area contributed by atoms with Gasteiger partial charge in [-0.05, 0) is 66.3 Å². The van der Waals surface area contributed by atoms with E-state index in [9.17, 15) is 20.4 Å². The average molecular weight is 559 g/mol. The molecule has 3 aromatic carbocycles. The van der Waals surface area contributed by atoms with Crippen molar-refractivity contribution in [3.63, 3.8) is 0 Å². The van der Waals surface area contributed by atoms with Crippen molar-refractivity contribution in [1.29, 1.82) is 0 Å². The minimum Gasteiger partial charge on any atom is -0.487 e. The van der Waals surface area contributed by atoms with Gasteiger partial charge in [0.1, 0.15) is 43.2 Å². The van der Waals surface area contributed by atoms with Gasteiger partial charge >= 0.3 is 0 Å². The molecule has 6 atom stereocenters. The number of hydrogen-bond acceptors (Lipinski definition) is 7. The highest BCUT2D eigenvalue weighted by atomic mass is 35.5. The average Bonchev–Trinajstić information content (AvgIpc) is 3.18. The molecule has 0 amide bonds. The summed E-state index contributed by atoms with van der Waals surface area (Å²) in [7, 11) is 0. The van der Waals surface area contributed by atoms with Crippen LogP contribution in [0.1, 0.15) is 53.9 Å². The van der Waals surface area contributed by atoms with Crippen molar-refractivity contribution in [1.82, 2.24) is 0 Å². The maximum atomic E-state index is 15.0. The monoisotopic (exact) mass is 558 g/mol. The molecule has 7 nitrogen and oxygen atoms in total. The lowest BCUT2D eigenvalue weighted by Crippen LogP contribution is -2.55. The summed E-state index contributed by atoms with van der Waals surface area (Å²) in [6.45, 7) is 3.65. The summed E-state index contributed by atoms with van der Waals surface area (Å²) >= 11 is 6.42. The molecule has 0 radical (unpaired) electrons. The molecule has 0 spiro atoms. The summed E-state index contributed by atoms with van der Waals surface area (Å²) in [6.07, 6.45) is -6.38. The summed E-state index contributed by atoms with van der Waals surface area (Å²) in [6, 6.07) is 17.6. The van der Waals surface area contributed by atoms with Gasteiger partial charge in [-0.2, -0.15) is 0 Å². The predicted molar refractivity (Wildman–Crippen MR) is 142 cm³/mol. The molecule has 1 unspecified atom stereocenters. The number of fused-ring (bicyclic) bond motifs is 1. The highest BCUT2D eigenvalue weighted by molar-refractivity contribution is 6.31. The Morgan fingerprint density at radius 2 is 1.74 bits per heavy atom. The van der Waals surface area contributed by atoms with Gasteiger partial charge in [-0.3, -0.25) is 0 Å². The van der Waals surface area contributed by atoms with Crippen LogP contribution in [0.5, 0.6) is 5.75 Å². The quantitative estimate of drug-likeness (QED) is 0.347.